The molecule has 9 nitrogen and oxygen atoms in total. The molecule has 2 N–H and O–H groups in total. The van der Waals surface area contributed by atoms with Crippen LogP contribution in [0.3, 0.4) is 0 Å². The lowest BCUT2D eigenvalue weighted by atomic mass is 10.1. The lowest BCUT2D eigenvalue weighted by Crippen LogP contribution is -2.35. The molecule has 1 amide bonds. The van der Waals surface area contributed by atoms with Crippen LogP contribution in [0.4, 0.5) is 17.6 Å². The van der Waals surface area contributed by atoms with E-state index < -0.39 is 0 Å². The predicted molar refractivity (Wildman–Crippen MR) is 117 cm³/mol. The standard InChI is InChI=1S/C22H26N6O3/c1-2-30-22-26-20(23-15-18-10-7-13-31-18)25-21(27-22)24-17-9-6-8-16(14-17)19(29)28-11-4-3-5-12-28/h6-10,13-14H,2-5,11-12,15H2,1H3,(H2,23,24,25,26,27). The summed E-state index contributed by atoms with van der Waals surface area (Å²) < 4.78 is 10.8. The number of piperidine rings is 1. The van der Waals surface area contributed by atoms with E-state index in [2.05, 4.69) is 25.6 Å². The van der Waals surface area contributed by atoms with Gasteiger partial charge in [0, 0.05) is 24.3 Å². The Kier molecular flexibility index (Phi) is 6.61. The molecule has 162 valence electrons. The lowest BCUT2D eigenvalue weighted by Gasteiger charge is -2.26. The number of hydrogen-bond acceptors (Lipinski definition) is 8. The Morgan fingerprint density at radius 1 is 1.10 bits per heavy atom. The smallest absolute Gasteiger partial charge is 0.323 e. The van der Waals surface area contributed by atoms with Gasteiger partial charge in [0.1, 0.15) is 5.76 Å². The molecule has 3 aromatic rings. The first-order chi connectivity index (χ1) is 15.2. The summed E-state index contributed by atoms with van der Waals surface area (Å²) in [5, 5.41) is 6.27. The number of rotatable bonds is 8. The Balaban J connectivity index is 1.50. The summed E-state index contributed by atoms with van der Waals surface area (Å²) in [5.74, 6) is 1.49. The zero-order valence-electron chi connectivity index (χ0n) is 17.5. The van der Waals surface area contributed by atoms with E-state index in [4.69, 9.17) is 9.15 Å². The SMILES string of the molecule is CCOc1nc(NCc2ccco2)nc(Nc2cccc(C(=O)N3CCCCC3)c2)n1. The predicted octanol–water partition coefficient (Wildman–Crippen LogP) is 3.85. The van der Waals surface area contributed by atoms with Crippen molar-refractivity contribution in [2.45, 2.75) is 32.7 Å². The first-order valence-electron chi connectivity index (χ1n) is 10.5. The second-order valence-corrected chi connectivity index (χ2v) is 7.19. The molecular formula is C22H26N6O3. The number of aromatic nitrogens is 3. The minimum atomic E-state index is 0.0507. The fourth-order valence-electron chi connectivity index (χ4n) is 3.40. The third-order valence-electron chi connectivity index (χ3n) is 4.90. The fraction of sp³-hybridized carbons (Fsp3) is 0.364. The van der Waals surface area contributed by atoms with Crippen molar-refractivity contribution < 1.29 is 13.9 Å². The van der Waals surface area contributed by atoms with Gasteiger partial charge in [0.25, 0.3) is 5.91 Å². The van der Waals surface area contributed by atoms with Crippen molar-refractivity contribution in [1.82, 2.24) is 19.9 Å². The number of hydrogen-bond donors (Lipinski definition) is 2. The average molecular weight is 422 g/mol. The quantitative estimate of drug-likeness (QED) is 0.564. The highest BCUT2D eigenvalue weighted by Gasteiger charge is 2.18. The van der Waals surface area contributed by atoms with Gasteiger partial charge < -0.3 is 24.7 Å². The average Bonchev–Trinajstić information content (AvgIpc) is 3.32. The summed E-state index contributed by atoms with van der Waals surface area (Å²) in [5.41, 5.74) is 1.36. The number of carbonyl (C=O) groups is 1. The van der Waals surface area contributed by atoms with E-state index in [1.807, 2.05) is 48.2 Å². The fourth-order valence-corrected chi connectivity index (χ4v) is 3.40. The molecule has 0 spiro atoms. The number of ether oxygens (including phenoxy) is 1. The molecule has 0 saturated carbocycles. The first-order valence-corrected chi connectivity index (χ1v) is 10.5. The monoisotopic (exact) mass is 422 g/mol. The molecule has 0 radical (unpaired) electrons. The van der Waals surface area contributed by atoms with E-state index >= 15 is 0 Å². The molecule has 1 fully saturated rings. The zero-order chi connectivity index (χ0) is 21.5. The molecular weight excluding hydrogens is 396 g/mol. The maximum Gasteiger partial charge on any atom is 0.323 e. The summed E-state index contributed by atoms with van der Waals surface area (Å²) in [6.07, 6.45) is 4.91. The van der Waals surface area contributed by atoms with Crippen molar-refractivity contribution in [3.63, 3.8) is 0 Å². The Morgan fingerprint density at radius 3 is 2.71 bits per heavy atom. The van der Waals surface area contributed by atoms with Gasteiger partial charge in [-0.25, -0.2) is 0 Å². The molecule has 1 aliphatic rings. The van der Waals surface area contributed by atoms with Crippen molar-refractivity contribution in [2.75, 3.05) is 30.3 Å². The molecule has 1 aliphatic heterocycles. The molecule has 9 heteroatoms. The summed E-state index contributed by atoms with van der Waals surface area (Å²) >= 11 is 0. The molecule has 0 unspecified atom stereocenters. The molecule has 3 heterocycles. The topological polar surface area (TPSA) is 105 Å². The minimum absolute atomic E-state index is 0.0507. The van der Waals surface area contributed by atoms with Gasteiger partial charge in [-0.3, -0.25) is 4.79 Å². The summed E-state index contributed by atoms with van der Waals surface area (Å²) in [6, 6.07) is 11.3. The largest absolute Gasteiger partial charge is 0.467 e. The van der Waals surface area contributed by atoms with Crippen LogP contribution in [0.2, 0.25) is 0 Å². The van der Waals surface area contributed by atoms with Gasteiger partial charge in [-0.2, -0.15) is 15.0 Å². The molecule has 4 rings (SSSR count). The van der Waals surface area contributed by atoms with Crippen LogP contribution < -0.4 is 15.4 Å². The second kappa shape index (κ2) is 9.92. The van der Waals surface area contributed by atoms with Gasteiger partial charge in [0.15, 0.2) is 0 Å². The van der Waals surface area contributed by atoms with Crippen LogP contribution in [0, 0.1) is 0 Å². The van der Waals surface area contributed by atoms with Gasteiger partial charge in [-0.1, -0.05) is 6.07 Å². The number of nitrogens with one attached hydrogen (secondary N) is 2. The Labute approximate surface area is 180 Å². The molecule has 31 heavy (non-hydrogen) atoms. The third kappa shape index (κ3) is 5.50. The second-order valence-electron chi connectivity index (χ2n) is 7.19. The van der Waals surface area contributed by atoms with Crippen molar-refractivity contribution >= 4 is 23.5 Å². The highest BCUT2D eigenvalue weighted by Crippen LogP contribution is 2.20. The lowest BCUT2D eigenvalue weighted by molar-refractivity contribution is 0.0724. The van der Waals surface area contributed by atoms with E-state index in [1.165, 1.54) is 6.42 Å². The number of benzene rings is 1. The van der Waals surface area contributed by atoms with E-state index in [0.29, 0.717) is 36.3 Å². The molecule has 0 aliphatic carbocycles. The zero-order valence-corrected chi connectivity index (χ0v) is 17.5. The van der Waals surface area contributed by atoms with Gasteiger partial charge in [0.05, 0.1) is 19.4 Å². The number of carbonyl (C=O) groups excluding carboxylic acids is 1. The van der Waals surface area contributed by atoms with Crippen LogP contribution in [-0.4, -0.2) is 45.5 Å². The number of nitrogens with zero attached hydrogens (tertiary/aromatic N) is 4. The van der Waals surface area contributed by atoms with Crippen molar-refractivity contribution in [3.05, 3.63) is 54.0 Å². The van der Waals surface area contributed by atoms with Crippen LogP contribution in [-0.2, 0) is 6.54 Å². The summed E-state index contributed by atoms with van der Waals surface area (Å²) in [4.78, 5) is 27.7. The Hall–Kier alpha value is -3.62. The van der Waals surface area contributed by atoms with Crippen LogP contribution in [0.1, 0.15) is 42.3 Å². The van der Waals surface area contributed by atoms with E-state index in [9.17, 15) is 4.79 Å². The highest BCUT2D eigenvalue weighted by atomic mass is 16.5. The summed E-state index contributed by atoms with van der Waals surface area (Å²) in [6.45, 7) is 4.35. The van der Waals surface area contributed by atoms with Crippen LogP contribution in [0.15, 0.2) is 47.1 Å². The van der Waals surface area contributed by atoms with Gasteiger partial charge in [-0.05, 0) is 56.5 Å². The normalized spacial score (nSPS) is 13.6. The minimum Gasteiger partial charge on any atom is -0.467 e. The van der Waals surface area contributed by atoms with E-state index in [0.717, 1.165) is 31.7 Å². The van der Waals surface area contributed by atoms with Crippen LogP contribution in [0.5, 0.6) is 6.01 Å². The molecule has 0 bridgehead atoms. The molecule has 1 aromatic carbocycles. The van der Waals surface area contributed by atoms with Crippen molar-refractivity contribution in [2.24, 2.45) is 0 Å². The number of furan rings is 1. The number of likely N-dealkylation sites (tertiary alicyclic amines) is 1. The summed E-state index contributed by atoms with van der Waals surface area (Å²) in [7, 11) is 0. The maximum absolute atomic E-state index is 12.8. The van der Waals surface area contributed by atoms with Gasteiger partial charge >= 0.3 is 6.01 Å². The molecule has 1 saturated heterocycles. The number of anilines is 3. The van der Waals surface area contributed by atoms with E-state index in [-0.39, 0.29) is 11.9 Å². The molecule has 2 aromatic heterocycles. The van der Waals surface area contributed by atoms with Gasteiger partial charge in [0.2, 0.25) is 11.9 Å². The highest BCUT2D eigenvalue weighted by molar-refractivity contribution is 5.95. The van der Waals surface area contributed by atoms with Gasteiger partial charge in [-0.15, -0.1) is 0 Å². The van der Waals surface area contributed by atoms with Crippen molar-refractivity contribution in [1.29, 1.82) is 0 Å². The van der Waals surface area contributed by atoms with E-state index in [1.54, 1.807) is 6.26 Å². The third-order valence-corrected chi connectivity index (χ3v) is 4.90. The maximum atomic E-state index is 12.8. The van der Waals surface area contributed by atoms with Crippen molar-refractivity contribution in [3.8, 4) is 6.01 Å². The Morgan fingerprint density at radius 2 is 1.94 bits per heavy atom. The van der Waals surface area contributed by atoms with Crippen LogP contribution in [0.25, 0.3) is 0 Å². The Bertz CT molecular complexity index is 1000. The van der Waals surface area contributed by atoms with Crippen LogP contribution >= 0.6 is 0 Å². The molecule has 0 atom stereocenters. The first kappa shape index (κ1) is 20.6. The number of amides is 1.